The molecule has 2 heterocycles. The lowest BCUT2D eigenvalue weighted by atomic mass is 9.95. The van der Waals surface area contributed by atoms with Gasteiger partial charge < -0.3 is 10.1 Å². The standard InChI is InChI=1S/C12H18BrNOS/c1-8-5-6-15-12(8)10(14-2)7-9-3-4-11(13)16-9/h3-4,8,10,12,14H,5-7H2,1-2H3. The van der Waals surface area contributed by atoms with Crippen molar-refractivity contribution in [3.8, 4) is 0 Å². The molecule has 3 atom stereocenters. The van der Waals surface area contributed by atoms with Crippen LogP contribution in [0.3, 0.4) is 0 Å². The molecule has 1 fully saturated rings. The highest BCUT2D eigenvalue weighted by Gasteiger charge is 2.31. The van der Waals surface area contributed by atoms with Crippen molar-refractivity contribution < 1.29 is 4.74 Å². The van der Waals surface area contributed by atoms with Gasteiger partial charge in [-0.1, -0.05) is 6.92 Å². The Balaban J connectivity index is 2.00. The van der Waals surface area contributed by atoms with Crippen LogP contribution in [-0.2, 0) is 11.2 Å². The van der Waals surface area contributed by atoms with Gasteiger partial charge in [-0.15, -0.1) is 11.3 Å². The summed E-state index contributed by atoms with van der Waals surface area (Å²) in [4.78, 5) is 1.41. The fraction of sp³-hybridized carbons (Fsp3) is 0.667. The minimum absolute atomic E-state index is 0.367. The molecule has 1 aliphatic rings. The van der Waals surface area contributed by atoms with Crippen LogP contribution >= 0.6 is 27.3 Å². The molecule has 90 valence electrons. The van der Waals surface area contributed by atoms with Crippen LogP contribution in [0.2, 0.25) is 0 Å². The highest BCUT2D eigenvalue weighted by Crippen LogP contribution is 2.28. The molecule has 1 aliphatic heterocycles. The molecule has 0 aromatic carbocycles. The van der Waals surface area contributed by atoms with Crippen molar-refractivity contribution in [3.63, 3.8) is 0 Å². The molecule has 16 heavy (non-hydrogen) atoms. The third-order valence-electron chi connectivity index (χ3n) is 3.26. The fourth-order valence-corrected chi connectivity index (χ4v) is 3.83. The van der Waals surface area contributed by atoms with Crippen molar-refractivity contribution in [1.82, 2.24) is 5.32 Å². The number of rotatable bonds is 4. The zero-order valence-electron chi connectivity index (χ0n) is 9.70. The predicted molar refractivity (Wildman–Crippen MR) is 72.1 cm³/mol. The molecule has 0 spiro atoms. The maximum Gasteiger partial charge on any atom is 0.0757 e. The normalized spacial score (nSPS) is 27.2. The van der Waals surface area contributed by atoms with Gasteiger partial charge in [0.2, 0.25) is 0 Å². The van der Waals surface area contributed by atoms with Crippen molar-refractivity contribution in [1.29, 1.82) is 0 Å². The molecule has 2 nitrogen and oxygen atoms in total. The molecular weight excluding hydrogens is 286 g/mol. The van der Waals surface area contributed by atoms with Crippen LogP contribution in [0.4, 0.5) is 0 Å². The molecule has 1 aromatic rings. The van der Waals surface area contributed by atoms with Gasteiger partial charge in [0.05, 0.1) is 9.89 Å². The van der Waals surface area contributed by atoms with E-state index in [0.717, 1.165) is 13.0 Å². The molecule has 4 heteroatoms. The Morgan fingerprint density at radius 1 is 1.62 bits per heavy atom. The summed E-state index contributed by atoms with van der Waals surface area (Å²) >= 11 is 5.32. The first kappa shape index (κ1) is 12.6. The number of hydrogen-bond donors (Lipinski definition) is 1. The van der Waals surface area contributed by atoms with Gasteiger partial charge in [0, 0.05) is 17.5 Å². The summed E-state index contributed by atoms with van der Waals surface area (Å²) in [6.07, 6.45) is 2.62. The number of thiophene rings is 1. The number of ether oxygens (including phenoxy) is 1. The average Bonchev–Trinajstić information content (AvgIpc) is 2.84. The first-order chi connectivity index (χ1) is 7.70. The number of halogens is 1. The molecule has 1 N–H and O–H groups in total. The Morgan fingerprint density at radius 2 is 2.44 bits per heavy atom. The summed E-state index contributed by atoms with van der Waals surface area (Å²) in [5.74, 6) is 0.667. The smallest absolute Gasteiger partial charge is 0.0757 e. The summed E-state index contributed by atoms with van der Waals surface area (Å²) in [5.41, 5.74) is 0. The summed E-state index contributed by atoms with van der Waals surface area (Å²) in [5, 5.41) is 3.40. The SMILES string of the molecule is CNC(Cc1ccc(Br)s1)C1OCCC1C. The van der Waals surface area contributed by atoms with Crippen molar-refractivity contribution >= 4 is 27.3 Å². The maximum atomic E-state index is 5.83. The quantitative estimate of drug-likeness (QED) is 0.923. The van der Waals surface area contributed by atoms with Crippen LogP contribution in [-0.4, -0.2) is 25.8 Å². The second-order valence-electron chi connectivity index (χ2n) is 4.41. The highest BCUT2D eigenvalue weighted by atomic mass is 79.9. The Morgan fingerprint density at radius 3 is 2.94 bits per heavy atom. The Kier molecular flexibility index (Phi) is 4.41. The summed E-state index contributed by atoms with van der Waals surface area (Å²) in [6, 6.07) is 4.74. The van der Waals surface area contributed by atoms with Crippen LogP contribution < -0.4 is 5.32 Å². The average molecular weight is 304 g/mol. The first-order valence-electron chi connectivity index (χ1n) is 5.74. The maximum absolute atomic E-state index is 5.83. The van der Waals surface area contributed by atoms with Crippen LogP contribution in [0.1, 0.15) is 18.2 Å². The van der Waals surface area contributed by atoms with Crippen molar-refractivity contribution in [2.24, 2.45) is 5.92 Å². The zero-order valence-corrected chi connectivity index (χ0v) is 12.1. The van der Waals surface area contributed by atoms with E-state index in [-0.39, 0.29) is 0 Å². The minimum atomic E-state index is 0.367. The first-order valence-corrected chi connectivity index (χ1v) is 7.34. The topological polar surface area (TPSA) is 21.3 Å². The monoisotopic (exact) mass is 303 g/mol. The van der Waals surface area contributed by atoms with Gasteiger partial charge in [-0.2, -0.15) is 0 Å². The van der Waals surface area contributed by atoms with E-state index in [1.54, 1.807) is 0 Å². The van der Waals surface area contributed by atoms with E-state index in [1.807, 2.05) is 18.4 Å². The molecule has 0 amide bonds. The van der Waals surface area contributed by atoms with Crippen LogP contribution in [0, 0.1) is 5.92 Å². The van der Waals surface area contributed by atoms with Gasteiger partial charge in [-0.25, -0.2) is 0 Å². The van der Waals surface area contributed by atoms with Crippen molar-refractivity contribution in [2.75, 3.05) is 13.7 Å². The van der Waals surface area contributed by atoms with Crippen LogP contribution in [0.15, 0.2) is 15.9 Å². The summed E-state index contributed by atoms with van der Waals surface area (Å²) < 4.78 is 7.03. The van der Waals surface area contributed by atoms with E-state index in [0.29, 0.717) is 18.1 Å². The highest BCUT2D eigenvalue weighted by molar-refractivity contribution is 9.11. The molecule has 1 aromatic heterocycles. The van der Waals surface area contributed by atoms with Gasteiger partial charge in [0.25, 0.3) is 0 Å². The lowest BCUT2D eigenvalue weighted by Gasteiger charge is -2.25. The minimum Gasteiger partial charge on any atom is -0.376 e. The van der Waals surface area contributed by atoms with Crippen molar-refractivity contribution in [2.45, 2.75) is 31.9 Å². The fourth-order valence-electron chi connectivity index (χ4n) is 2.29. The lowest BCUT2D eigenvalue weighted by molar-refractivity contribution is 0.0636. The van der Waals surface area contributed by atoms with E-state index < -0.39 is 0 Å². The van der Waals surface area contributed by atoms with E-state index in [1.165, 1.54) is 15.1 Å². The second kappa shape index (κ2) is 5.63. The molecule has 0 radical (unpaired) electrons. The third-order valence-corrected chi connectivity index (χ3v) is 4.91. The molecule has 0 bridgehead atoms. The molecule has 1 saturated heterocycles. The van der Waals surface area contributed by atoms with Gasteiger partial charge in [-0.3, -0.25) is 0 Å². The predicted octanol–water partition coefficient (Wildman–Crippen LogP) is 3.07. The number of likely N-dealkylation sites (N-methyl/N-ethyl adjacent to an activating group) is 1. The van der Waals surface area contributed by atoms with E-state index >= 15 is 0 Å². The summed E-state index contributed by atoms with van der Waals surface area (Å²) in [6.45, 7) is 3.20. The second-order valence-corrected chi connectivity index (χ2v) is 6.95. The molecular formula is C12H18BrNOS. The van der Waals surface area contributed by atoms with E-state index in [4.69, 9.17) is 4.74 Å². The van der Waals surface area contributed by atoms with Gasteiger partial charge in [0.15, 0.2) is 0 Å². The van der Waals surface area contributed by atoms with Gasteiger partial charge in [-0.05, 0) is 53.9 Å². The molecule has 0 saturated carbocycles. The van der Waals surface area contributed by atoms with Crippen LogP contribution in [0.25, 0.3) is 0 Å². The van der Waals surface area contributed by atoms with E-state index in [9.17, 15) is 0 Å². The molecule has 3 unspecified atom stereocenters. The lowest BCUT2D eigenvalue weighted by Crippen LogP contribution is -2.41. The Hall–Kier alpha value is 0.1000. The van der Waals surface area contributed by atoms with E-state index in [2.05, 4.69) is 40.3 Å². The Labute approximate surface area is 110 Å². The van der Waals surface area contributed by atoms with Crippen molar-refractivity contribution in [3.05, 3.63) is 20.8 Å². The molecule has 0 aliphatic carbocycles. The largest absolute Gasteiger partial charge is 0.376 e. The van der Waals surface area contributed by atoms with Crippen LogP contribution in [0.5, 0.6) is 0 Å². The van der Waals surface area contributed by atoms with Gasteiger partial charge >= 0.3 is 0 Å². The molecule has 2 rings (SSSR count). The summed E-state index contributed by atoms with van der Waals surface area (Å²) in [7, 11) is 2.03. The number of hydrogen-bond acceptors (Lipinski definition) is 3. The third kappa shape index (κ3) is 2.86. The zero-order chi connectivity index (χ0) is 11.5. The number of nitrogens with one attached hydrogen (secondary N) is 1. The Bertz CT molecular complexity index is 342. The van der Waals surface area contributed by atoms with Gasteiger partial charge in [0.1, 0.15) is 0 Å².